The molecular formula is C22H25ClN3O2+. The van der Waals surface area contributed by atoms with Crippen LogP contribution in [0.1, 0.15) is 35.8 Å². The van der Waals surface area contributed by atoms with Crippen molar-refractivity contribution in [2.24, 2.45) is 0 Å². The van der Waals surface area contributed by atoms with Crippen LogP contribution in [0.3, 0.4) is 0 Å². The number of halogens is 1. The Hall–Kier alpha value is -2.63. The third-order valence-corrected chi connectivity index (χ3v) is 5.49. The molecule has 0 aliphatic rings. The summed E-state index contributed by atoms with van der Waals surface area (Å²) in [5, 5.41) is 4.45. The number of rotatable bonds is 7. The molecule has 146 valence electrons. The second-order valence-electron chi connectivity index (χ2n) is 6.74. The molecule has 1 atom stereocenters. The molecule has 3 aromatic rings. The molecule has 28 heavy (non-hydrogen) atoms. The normalized spacial score (nSPS) is 12.3. The molecule has 1 amide bonds. The van der Waals surface area contributed by atoms with Crippen molar-refractivity contribution in [3.63, 3.8) is 0 Å². The molecule has 6 heteroatoms. The lowest BCUT2D eigenvalue weighted by molar-refractivity contribution is -0.927. The van der Waals surface area contributed by atoms with Crippen molar-refractivity contribution in [2.75, 3.05) is 19.6 Å². The number of pyridine rings is 1. The fraction of sp³-hybridized carbons (Fsp3) is 0.273. The van der Waals surface area contributed by atoms with Crippen molar-refractivity contribution in [3.05, 3.63) is 81.1 Å². The van der Waals surface area contributed by atoms with Gasteiger partial charge in [0, 0.05) is 27.6 Å². The molecule has 0 radical (unpaired) electrons. The number of likely N-dealkylation sites (N-methyl/N-ethyl adjacent to an activating group) is 1. The number of fused-ring (bicyclic) bond motifs is 1. The van der Waals surface area contributed by atoms with E-state index in [1.807, 2.05) is 42.5 Å². The Morgan fingerprint density at radius 1 is 1.11 bits per heavy atom. The molecule has 0 aliphatic carbocycles. The van der Waals surface area contributed by atoms with Gasteiger partial charge >= 0.3 is 0 Å². The maximum Gasteiger partial charge on any atom is 0.252 e. The Balaban J connectivity index is 1.89. The van der Waals surface area contributed by atoms with Crippen molar-refractivity contribution in [2.45, 2.75) is 19.9 Å². The zero-order valence-electron chi connectivity index (χ0n) is 16.1. The van der Waals surface area contributed by atoms with E-state index in [1.165, 1.54) is 11.0 Å². The predicted octanol–water partition coefficient (Wildman–Crippen LogP) is 2.58. The van der Waals surface area contributed by atoms with Crippen LogP contribution >= 0.6 is 11.6 Å². The number of nitrogens with one attached hydrogen (secondary N) is 3. The van der Waals surface area contributed by atoms with Gasteiger partial charge in [0.15, 0.2) is 0 Å². The topological polar surface area (TPSA) is 66.4 Å². The highest BCUT2D eigenvalue weighted by atomic mass is 35.5. The molecule has 0 saturated heterocycles. The highest BCUT2D eigenvalue weighted by Gasteiger charge is 2.25. The number of para-hydroxylation sites is 1. The zero-order valence-corrected chi connectivity index (χ0v) is 16.8. The summed E-state index contributed by atoms with van der Waals surface area (Å²) in [6.07, 6.45) is 0. The van der Waals surface area contributed by atoms with Gasteiger partial charge < -0.3 is 15.2 Å². The minimum Gasteiger partial charge on any atom is -0.346 e. The van der Waals surface area contributed by atoms with Crippen molar-refractivity contribution in [3.8, 4) is 0 Å². The Kier molecular flexibility index (Phi) is 6.49. The number of amides is 1. The third-order valence-electron chi connectivity index (χ3n) is 5.14. The van der Waals surface area contributed by atoms with Gasteiger partial charge in [-0.25, -0.2) is 0 Å². The number of carbonyl (C=O) groups excluding carboxylic acids is 1. The van der Waals surface area contributed by atoms with Gasteiger partial charge in [-0.2, -0.15) is 0 Å². The minimum atomic E-state index is -0.291. The number of hydrogen-bond acceptors (Lipinski definition) is 2. The summed E-state index contributed by atoms with van der Waals surface area (Å²) in [7, 11) is 0. The second-order valence-corrected chi connectivity index (χ2v) is 7.15. The van der Waals surface area contributed by atoms with Gasteiger partial charge in [0.05, 0.1) is 25.2 Å². The molecule has 0 spiro atoms. The summed E-state index contributed by atoms with van der Waals surface area (Å²) in [5.74, 6) is -0.258. The third kappa shape index (κ3) is 4.26. The largest absolute Gasteiger partial charge is 0.346 e. The maximum atomic E-state index is 12.9. The van der Waals surface area contributed by atoms with Gasteiger partial charge in [-0.05, 0) is 26.0 Å². The van der Waals surface area contributed by atoms with Crippen molar-refractivity contribution >= 4 is 28.4 Å². The highest BCUT2D eigenvalue weighted by molar-refractivity contribution is 6.31. The number of quaternary nitrogens is 1. The summed E-state index contributed by atoms with van der Waals surface area (Å²) in [6.45, 7) is 6.50. The van der Waals surface area contributed by atoms with E-state index in [1.54, 1.807) is 6.07 Å². The molecule has 2 aromatic carbocycles. The lowest BCUT2D eigenvalue weighted by atomic mass is 10.0. The van der Waals surface area contributed by atoms with Crippen LogP contribution in [0.25, 0.3) is 10.9 Å². The number of aromatic amines is 1. The van der Waals surface area contributed by atoms with Gasteiger partial charge in [-0.3, -0.25) is 9.59 Å². The van der Waals surface area contributed by atoms with Gasteiger partial charge in [0.25, 0.3) is 5.91 Å². The molecule has 3 N–H and O–H groups in total. The second kappa shape index (κ2) is 9.04. The minimum absolute atomic E-state index is 0.0286. The van der Waals surface area contributed by atoms with E-state index in [0.717, 1.165) is 24.0 Å². The van der Waals surface area contributed by atoms with Gasteiger partial charge in [0.2, 0.25) is 5.56 Å². The first-order valence-electron chi connectivity index (χ1n) is 9.54. The first-order valence-corrected chi connectivity index (χ1v) is 9.92. The number of H-pyrrole nitrogens is 1. The van der Waals surface area contributed by atoms with E-state index >= 15 is 0 Å². The van der Waals surface area contributed by atoms with E-state index < -0.39 is 0 Å². The monoisotopic (exact) mass is 398 g/mol. The van der Waals surface area contributed by atoms with Crippen LogP contribution in [-0.2, 0) is 0 Å². The van der Waals surface area contributed by atoms with Gasteiger partial charge in [0.1, 0.15) is 6.04 Å². The molecular weight excluding hydrogens is 374 g/mol. The number of aromatic nitrogens is 1. The van der Waals surface area contributed by atoms with Crippen LogP contribution < -0.4 is 15.8 Å². The molecule has 0 unspecified atom stereocenters. The molecule has 5 nitrogen and oxygen atoms in total. The molecule has 0 bridgehead atoms. The summed E-state index contributed by atoms with van der Waals surface area (Å²) >= 11 is 6.44. The van der Waals surface area contributed by atoms with E-state index in [2.05, 4.69) is 24.1 Å². The smallest absolute Gasteiger partial charge is 0.252 e. The fourth-order valence-corrected chi connectivity index (χ4v) is 3.92. The predicted molar refractivity (Wildman–Crippen MR) is 113 cm³/mol. The standard InChI is InChI=1S/C22H24ClN3O2/c1-3-26(4-2)20(16-10-5-7-11-18(16)23)14-24-22(28)17-13-21(27)25-19-12-8-6-9-15(17)19/h5-13,20H,3-4,14H2,1-2H3,(H,24,28)(H,25,27)/p+1/t20-/m1/s1. The fourth-order valence-electron chi connectivity index (χ4n) is 3.66. The SMILES string of the molecule is CC[NH+](CC)[C@H](CNC(=O)c1cc(=O)[nH]c2ccccc12)c1ccccc1Cl. The highest BCUT2D eigenvalue weighted by Crippen LogP contribution is 2.21. The van der Waals surface area contributed by atoms with Crippen LogP contribution in [0.5, 0.6) is 0 Å². The Labute approximate surface area is 169 Å². The molecule has 0 saturated carbocycles. The van der Waals surface area contributed by atoms with E-state index in [-0.39, 0.29) is 17.5 Å². The van der Waals surface area contributed by atoms with Gasteiger partial charge in [-0.15, -0.1) is 0 Å². The number of hydrogen-bond donors (Lipinski definition) is 3. The van der Waals surface area contributed by atoms with E-state index in [4.69, 9.17) is 11.6 Å². The molecule has 1 heterocycles. The average molecular weight is 399 g/mol. The first kappa shape index (κ1) is 20.1. The van der Waals surface area contributed by atoms with Crippen LogP contribution in [0.2, 0.25) is 5.02 Å². The van der Waals surface area contributed by atoms with E-state index in [0.29, 0.717) is 22.6 Å². The number of benzene rings is 2. The molecule has 0 fully saturated rings. The van der Waals surface area contributed by atoms with Crippen LogP contribution in [0.4, 0.5) is 0 Å². The Morgan fingerprint density at radius 3 is 2.50 bits per heavy atom. The summed E-state index contributed by atoms with van der Waals surface area (Å²) in [6, 6.07) is 16.4. The zero-order chi connectivity index (χ0) is 20.1. The summed E-state index contributed by atoms with van der Waals surface area (Å²) in [5.41, 5.74) is 1.75. The van der Waals surface area contributed by atoms with Crippen molar-refractivity contribution < 1.29 is 9.69 Å². The van der Waals surface area contributed by atoms with Crippen molar-refractivity contribution in [1.82, 2.24) is 10.3 Å². The average Bonchev–Trinajstić information content (AvgIpc) is 2.71. The first-order chi connectivity index (χ1) is 13.5. The quantitative estimate of drug-likeness (QED) is 0.572. The Morgan fingerprint density at radius 2 is 1.79 bits per heavy atom. The van der Waals surface area contributed by atoms with Crippen LogP contribution in [-0.4, -0.2) is 30.5 Å². The van der Waals surface area contributed by atoms with Crippen LogP contribution in [0, 0.1) is 0 Å². The van der Waals surface area contributed by atoms with Crippen molar-refractivity contribution in [1.29, 1.82) is 0 Å². The lowest BCUT2D eigenvalue weighted by Crippen LogP contribution is -3.12. The summed E-state index contributed by atoms with van der Waals surface area (Å²) in [4.78, 5) is 29.0. The van der Waals surface area contributed by atoms with E-state index in [9.17, 15) is 9.59 Å². The number of carbonyl (C=O) groups is 1. The molecule has 3 rings (SSSR count). The lowest BCUT2D eigenvalue weighted by Gasteiger charge is -2.28. The summed E-state index contributed by atoms with van der Waals surface area (Å²) < 4.78 is 0. The Bertz CT molecular complexity index is 1030. The van der Waals surface area contributed by atoms with Crippen LogP contribution in [0.15, 0.2) is 59.4 Å². The van der Waals surface area contributed by atoms with Gasteiger partial charge in [-0.1, -0.05) is 48.0 Å². The maximum absolute atomic E-state index is 12.9. The molecule has 1 aromatic heterocycles. The molecule has 0 aliphatic heterocycles.